The van der Waals surface area contributed by atoms with E-state index in [9.17, 15) is 14.7 Å². The van der Waals surface area contributed by atoms with Crippen molar-refractivity contribution in [3.63, 3.8) is 0 Å². The number of halogens is 2. The van der Waals surface area contributed by atoms with E-state index in [1.54, 1.807) is 42.5 Å². The van der Waals surface area contributed by atoms with Gasteiger partial charge < -0.3 is 15.2 Å². The summed E-state index contributed by atoms with van der Waals surface area (Å²) in [6, 6.07) is 19.9. The second-order valence-corrected chi connectivity index (χ2v) is 8.48. The normalized spacial score (nSPS) is 11.1. The first-order chi connectivity index (χ1) is 14.8. The van der Waals surface area contributed by atoms with Crippen LogP contribution >= 0.6 is 31.9 Å². The van der Waals surface area contributed by atoms with Gasteiger partial charge in [0.15, 0.2) is 0 Å². The summed E-state index contributed by atoms with van der Waals surface area (Å²) in [6.45, 7) is 2.41. The molecule has 0 saturated heterocycles. The summed E-state index contributed by atoms with van der Waals surface area (Å²) in [5.41, 5.74) is 2.92. The first kappa shape index (κ1) is 22.8. The second-order valence-electron chi connectivity index (χ2n) is 6.77. The fourth-order valence-corrected chi connectivity index (χ4v) is 4.19. The SMILES string of the molecule is Cc1ccc(COc2c(Br)cc(/C=C(/NC(=O)c3ccccc3)C(=O)O)cc2Br)cc1. The van der Waals surface area contributed by atoms with Gasteiger partial charge >= 0.3 is 5.97 Å². The van der Waals surface area contributed by atoms with Crippen LogP contribution in [0.3, 0.4) is 0 Å². The number of ether oxygens (including phenoxy) is 1. The number of aryl methyl sites for hydroxylation is 1. The van der Waals surface area contributed by atoms with Crippen molar-refractivity contribution in [1.82, 2.24) is 5.32 Å². The molecule has 7 heteroatoms. The van der Waals surface area contributed by atoms with Gasteiger partial charge in [0.05, 0.1) is 8.95 Å². The van der Waals surface area contributed by atoms with Crippen molar-refractivity contribution in [2.24, 2.45) is 0 Å². The molecule has 0 aromatic heterocycles. The van der Waals surface area contributed by atoms with Crippen molar-refractivity contribution in [3.05, 3.63) is 104 Å². The molecule has 0 radical (unpaired) electrons. The topological polar surface area (TPSA) is 75.6 Å². The average molecular weight is 545 g/mol. The number of carboxylic acids is 1. The summed E-state index contributed by atoms with van der Waals surface area (Å²) in [5.74, 6) is -1.13. The minimum absolute atomic E-state index is 0.235. The van der Waals surface area contributed by atoms with Crippen molar-refractivity contribution in [1.29, 1.82) is 0 Å². The zero-order chi connectivity index (χ0) is 22.4. The van der Waals surface area contributed by atoms with Crippen LogP contribution in [0.5, 0.6) is 5.75 Å². The number of carbonyl (C=O) groups excluding carboxylic acids is 1. The van der Waals surface area contributed by atoms with Gasteiger partial charge in [0.2, 0.25) is 0 Å². The van der Waals surface area contributed by atoms with Gasteiger partial charge in [-0.1, -0.05) is 48.0 Å². The van der Waals surface area contributed by atoms with Crippen LogP contribution in [0.4, 0.5) is 0 Å². The molecule has 31 heavy (non-hydrogen) atoms. The van der Waals surface area contributed by atoms with Crippen molar-refractivity contribution < 1.29 is 19.4 Å². The molecule has 0 fully saturated rings. The van der Waals surface area contributed by atoms with E-state index in [0.717, 1.165) is 5.56 Å². The molecule has 3 aromatic carbocycles. The van der Waals surface area contributed by atoms with E-state index in [-0.39, 0.29) is 5.70 Å². The molecule has 0 aliphatic heterocycles. The molecular weight excluding hydrogens is 526 g/mol. The van der Waals surface area contributed by atoms with Crippen LogP contribution in [-0.4, -0.2) is 17.0 Å². The minimum atomic E-state index is -1.24. The first-order valence-electron chi connectivity index (χ1n) is 9.32. The van der Waals surface area contributed by atoms with E-state index in [4.69, 9.17) is 4.74 Å². The molecule has 0 saturated carbocycles. The van der Waals surface area contributed by atoms with Gasteiger partial charge in [0.1, 0.15) is 18.1 Å². The Balaban J connectivity index is 1.79. The quantitative estimate of drug-likeness (QED) is 0.360. The largest absolute Gasteiger partial charge is 0.487 e. The van der Waals surface area contributed by atoms with Crippen molar-refractivity contribution in [3.8, 4) is 5.75 Å². The van der Waals surface area contributed by atoms with Gasteiger partial charge in [-0.2, -0.15) is 0 Å². The van der Waals surface area contributed by atoms with Crippen LogP contribution in [0.1, 0.15) is 27.0 Å². The van der Waals surface area contributed by atoms with Gasteiger partial charge in [-0.05, 0) is 80.3 Å². The predicted octanol–water partition coefficient (Wildman–Crippen LogP) is 5.95. The minimum Gasteiger partial charge on any atom is -0.487 e. The molecule has 0 atom stereocenters. The molecule has 0 spiro atoms. The van der Waals surface area contributed by atoms with Gasteiger partial charge in [0, 0.05) is 5.56 Å². The molecule has 3 aromatic rings. The predicted molar refractivity (Wildman–Crippen MR) is 127 cm³/mol. The average Bonchev–Trinajstić information content (AvgIpc) is 2.74. The number of amides is 1. The molecule has 3 rings (SSSR count). The summed E-state index contributed by atoms with van der Waals surface area (Å²) in [5, 5.41) is 12.0. The zero-order valence-electron chi connectivity index (χ0n) is 16.6. The van der Waals surface area contributed by atoms with Gasteiger partial charge in [-0.3, -0.25) is 4.79 Å². The molecule has 0 aliphatic carbocycles. The molecule has 0 aliphatic rings. The molecule has 0 unspecified atom stereocenters. The van der Waals surface area contributed by atoms with Crippen LogP contribution in [0, 0.1) is 6.92 Å². The zero-order valence-corrected chi connectivity index (χ0v) is 19.7. The summed E-state index contributed by atoms with van der Waals surface area (Å²) in [4.78, 5) is 24.0. The van der Waals surface area contributed by atoms with Gasteiger partial charge in [0.25, 0.3) is 5.91 Å². The Morgan fingerprint density at radius 1 is 1.00 bits per heavy atom. The Morgan fingerprint density at radius 3 is 2.19 bits per heavy atom. The number of carbonyl (C=O) groups is 2. The lowest BCUT2D eigenvalue weighted by atomic mass is 10.1. The summed E-state index contributed by atoms with van der Waals surface area (Å²) < 4.78 is 7.23. The molecule has 5 nitrogen and oxygen atoms in total. The van der Waals surface area contributed by atoms with Crippen LogP contribution in [0.15, 0.2) is 81.4 Å². The highest BCUT2D eigenvalue weighted by atomic mass is 79.9. The van der Waals surface area contributed by atoms with E-state index in [1.807, 2.05) is 31.2 Å². The third-order valence-electron chi connectivity index (χ3n) is 4.35. The van der Waals surface area contributed by atoms with Crippen LogP contribution < -0.4 is 10.1 Å². The number of hydrogen-bond acceptors (Lipinski definition) is 3. The maximum atomic E-state index is 12.3. The summed E-state index contributed by atoms with van der Waals surface area (Å²) >= 11 is 6.96. The lowest BCUT2D eigenvalue weighted by molar-refractivity contribution is -0.132. The Labute approximate surface area is 197 Å². The summed E-state index contributed by atoms with van der Waals surface area (Å²) in [6.07, 6.45) is 1.39. The number of nitrogens with one attached hydrogen (secondary N) is 1. The van der Waals surface area contributed by atoms with Crippen molar-refractivity contribution in [2.45, 2.75) is 13.5 Å². The first-order valence-corrected chi connectivity index (χ1v) is 10.9. The lowest BCUT2D eigenvalue weighted by Crippen LogP contribution is -2.27. The number of hydrogen-bond donors (Lipinski definition) is 2. The van der Waals surface area contributed by atoms with Crippen molar-refractivity contribution >= 4 is 49.8 Å². The number of aliphatic carboxylic acids is 1. The second kappa shape index (κ2) is 10.4. The Bertz CT molecular complexity index is 1100. The highest BCUT2D eigenvalue weighted by molar-refractivity contribution is 9.11. The Kier molecular flexibility index (Phi) is 7.65. The molecule has 158 valence electrons. The smallest absolute Gasteiger partial charge is 0.352 e. The fraction of sp³-hybridized carbons (Fsp3) is 0.0833. The highest BCUT2D eigenvalue weighted by Gasteiger charge is 2.15. The number of rotatable bonds is 7. The van der Waals surface area contributed by atoms with E-state index in [0.29, 0.717) is 32.4 Å². The van der Waals surface area contributed by atoms with E-state index >= 15 is 0 Å². The third kappa shape index (κ3) is 6.29. The van der Waals surface area contributed by atoms with Crippen LogP contribution in [-0.2, 0) is 11.4 Å². The van der Waals surface area contributed by atoms with Gasteiger partial charge in [-0.25, -0.2) is 4.79 Å². The molecular formula is C24H19Br2NO4. The standard InChI is InChI=1S/C24H19Br2NO4/c1-15-7-9-16(10-8-15)14-31-22-19(25)11-17(12-20(22)26)13-21(24(29)30)27-23(28)18-5-3-2-4-6-18/h2-13H,14H2,1H3,(H,27,28)(H,29,30)/b21-13+. The van der Waals surface area contributed by atoms with E-state index < -0.39 is 11.9 Å². The molecule has 1 amide bonds. The lowest BCUT2D eigenvalue weighted by Gasteiger charge is -2.12. The highest BCUT2D eigenvalue weighted by Crippen LogP contribution is 2.36. The monoisotopic (exact) mass is 543 g/mol. The Hall–Kier alpha value is -2.90. The molecule has 0 heterocycles. The van der Waals surface area contributed by atoms with E-state index in [1.165, 1.54) is 11.6 Å². The van der Waals surface area contributed by atoms with Gasteiger partial charge in [-0.15, -0.1) is 0 Å². The maximum absolute atomic E-state index is 12.3. The number of benzene rings is 3. The molecule has 2 N–H and O–H groups in total. The maximum Gasteiger partial charge on any atom is 0.352 e. The van der Waals surface area contributed by atoms with Crippen molar-refractivity contribution in [2.75, 3.05) is 0 Å². The van der Waals surface area contributed by atoms with Crippen LogP contribution in [0.25, 0.3) is 6.08 Å². The van der Waals surface area contributed by atoms with Crippen LogP contribution in [0.2, 0.25) is 0 Å². The number of carboxylic acid groups (broad SMARTS) is 1. The molecule has 0 bridgehead atoms. The third-order valence-corrected chi connectivity index (χ3v) is 5.53. The van der Waals surface area contributed by atoms with E-state index in [2.05, 4.69) is 37.2 Å². The fourth-order valence-electron chi connectivity index (χ4n) is 2.74. The Morgan fingerprint density at radius 2 is 1.61 bits per heavy atom. The summed E-state index contributed by atoms with van der Waals surface area (Å²) in [7, 11) is 0.